The van der Waals surface area contributed by atoms with Gasteiger partial charge in [0, 0.05) is 23.4 Å². The number of amides is 1. The van der Waals surface area contributed by atoms with Gasteiger partial charge in [-0.1, -0.05) is 60.2 Å². The van der Waals surface area contributed by atoms with Crippen molar-refractivity contribution in [3.8, 4) is 0 Å². The van der Waals surface area contributed by atoms with E-state index in [2.05, 4.69) is 5.10 Å². The van der Waals surface area contributed by atoms with Crippen LogP contribution in [0.2, 0.25) is 0 Å². The molecule has 0 saturated heterocycles. The molecule has 1 aliphatic heterocycles. The van der Waals surface area contributed by atoms with E-state index in [0.29, 0.717) is 12.0 Å². The Labute approximate surface area is 152 Å². The van der Waals surface area contributed by atoms with Crippen LogP contribution in [0.5, 0.6) is 0 Å². The fourth-order valence-electron chi connectivity index (χ4n) is 2.92. The van der Waals surface area contributed by atoms with Crippen molar-refractivity contribution in [2.75, 3.05) is 5.75 Å². The molecule has 2 aromatic carbocycles. The van der Waals surface area contributed by atoms with Crippen LogP contribution in [0, 0.1) is 6.92 Å². The van der Waals surface area contributed by atoms with Crippen molar-refractivity contribution in [3.05, 3.63) is 71.3 Å². The maximum absolute atomic E-state index is 12.7. The first-order valence-corrected chi connectivity index (χ1v) is 9.43. The summed E-state index contributed by atoms with van der Waals surface area (Å²) in [7, 11) is 0. The Bertz CT molecular complexity index is 774. The van der Waals surface area contributed by atoms with Gasteiger partial charge in [-0.25, -0.2) is 0 Å². The molecule has 1 amide bonds. The number of carbonyl (C=O) groups is 1. The highest BCUT2D eigenvalue weighted by Gasteiger charge is 2.44. The highest BCUT2D eigenvalue weighted by Crippen LogP contribution is 2.35. The first-order chi connectivity index (χ1) is 12.0. The van der Waals surface area contributed by atoms with Crippen molar-refractivity contribution >= 4 is 23.4 Å². The largest absolute Gasteiger partial charge is 0.365 e. The lowest BCUT2D eigenvalue weighted by atomic mass is 9.97. The first-order valence-electron chi connectivity index (χ1n) is 8.27. The summed E-state index contributed by atoms with van der Waals surface area (Å²) in [4.78, 5) is 12.7. The maximum atomic E-state index is 12.7. The van der Waals surface area contributed by atoms with Crippen molar-refractivity contribution in [3.63, 3.8) is 0 Å². The third-order valence-corrected chi connectivity index (χ3v) is 5.20. The van der Waals surface area contributed by atoms with E-state index < -0.39 is 5.72 Å². The van der Waals surface area contributed by atoms with Gasteiger partial charge in [0.15, 0.2) is 5.72 Å². The molecular formula is C20H22N2O2S. The van der Waals surface area contributed by atoms with Gasteiger partial charge in [0.25, 0.3) is 5.91 Å². The second-order valence-corrected chi connectivity index (χ2v) is 7.36. The predicted octanol–water partition coefficient (Wildman–Crippen LogP) is 3.68. The maximum Gasteiger partial charge on any atom is 0.255 e. The Kier molecular flexibility index (Phi) is 5.25. The lowest BCUT2D eigenvalue weighted by Crippen LogP contribution is -2.44. The second kappa shape index (κ2) is 7.42. The van der Waals surface area contributed by atoms with Gasteiger partial charge in [-0.3, -0.25) is 4.79 Å². The van der Waals surface area contributed by atoms with Gasteiger partial charge in [0.05, 0.1) is 5.75 Å². The van der Waals surface area contributed by atoms with E-state index >= 15 is 0 Å². The van der Waals surface area contributed by atoms with Crippen LogP contribution in [-0.2, 0) is 16.3 Å². The minimum Gasteiger partial charge on any atom is -0.365 e. The molecule has 1 atom stereocenters. The summed E-state index contributed by atoms with van der Waals surface area (Å²) < 4.78 is 0. The van der Waals surface area contributed by atoms with Crippen LogP contribution in [0.15, 0.2) is 59.7 Å². The van der Waals surface area contributed by atoms with E-state index in [1.165, 1.54) is 22.3 Å². The third-order valence-electron chi connectivity index (χ3n) is 4.21. The predicted molar refractivity (Wildman–Crippen MR) is 102 cm³/mol. The van der Waals surface area contributed by atoms with Gasteiger partial charge in [-0.05, 0) is 19.4 Å². The van der Waals surface area contributed by atoms with Crippen molar-refractivity contribution in [2.24, 2.45) is 5.10 Å². The summed E-state index contributed by atoms with van der Waals surface area (Å²) in [6, 6.07) is 17.6. The number of hydrogen-bond acceptors (Lipinski definition) is 4. The summed E-state index contributed by atoms with van der Waals surface area (Å²) in [6.07, 6.45) is 0.338. The Morgan fingerprint density at radius 3 is 2.52 bits per heavy atom. The van der Waals surface area contributed by atoms with Gasteiger partial charge < -0.3 is 5.11 Å². The molecule has 5 heteroatoms. The Morgan fingerprint density at radius 2 is 1.84 bits per heavy atom. The smallest absolute Gasteiger partial charge is 0.255 e. The topological polar surface area (TPSA) is 52.9 Å². The Balaban J connectivity index is 1.69. The van der Waals surface area contributed by atoms with Gasteiger partial charge in [0.1, 0.15) is 0 Å². The standard InChI is InChI=1S/C20H22N2O2S/c1-15-8-10-18(11-9-15)20(24)12-16(2)21-22(20)19(23)14-25-13-17-6-4-3-5-7-17/h3-11,24H,12-14H2,1-2H3/t20-/m1/s1. The average molecular weight is 354 g/mol. The van der Waals surface area contributed by atoms with E-state index in [1.807, 2.05) is 68.4 Å². The molecule has 0 fully saturated rings. The molecular weight excluding hydrogens is 332 g/mol. The minimum atomic E-state index is -1.39. The Morgan fingerprint density at radius 1 is 1.16 bits per heavy atom. The van der Waals surface area contributed by atoms with Crippen LogP contribution < -0.4 is 0 Å². The highest BCUT2D eigenvalue weighted by atomic mass is 32.2. The molecule has 1 heterocycles. The lowest BCUT2D eigenvalue weighted by Gasteiger charge is -2.31. The summed E-state index contributed by atoms with van der Waals surface area (Å²) in [5.41, 5.74) is 2.35. The number of carbonyl (C=O) groups excluding carboxylic acids is 1. The second-order valence-electron chi connectivity index (χ2n) is 6.38. The summed E-state index contributed by atoms with van der Waals surface area (Å²) >= 11 is 1.53. The van der Waals surface area contributed by atoms with Crippen LogP contribution in [0.1, 0.15) is 30.0 Å². The van der Waals surface area contributed by atoms with E-state index in [4.69, 9.17) is 0 Å². The molecule has 0 radical (unpaired) electrons. The van der Waals surface area contributed by atoms with Gasteiger partial charge >= 0.3 is 0 Å². The van der Waals surface area contributed by atoms with Crippen LogP contribution in [0.4, 0.5) is 0 Å². The van der Waals surface area contributed by atoms with Crippen molar-refractivity contribution in [1.29, 1.82) is 0 Å². The monoisotopic (exact) mass is 354 g/mol. The van der Waals surface area contributed by atoms with Gasteiger partial charge in [-0.2, -0.15) is 10.1 Å². The molecule has 2 aromatic rings. The molecule has 4 nitrogen and oxygen atoms in total. The molecule has 3 rings (SSSR count). The fraction of sp³-hybridized carbons (Fsp3) is 0.300. The van der Waals surface area contributed by atoms with Crippen LogP contribution >= 0.6 is 11.8 Å². The highest BCUT2D eigenvalue weighted by molar-refractivity contribution is 7.99. The molecule has 0 aliphatic carbocycles. The van der Waals surface area contributed by atoms with Crippen LogP contribution in [-0.4, -0.2) is 27.5 Å². The zero-order valence-electron chi connectivity index (χ0n) is 14.5. The molecule has 0 aromatic heterocycles. The lowest BCUT2D eigenvalue weighted by molar-refractivity contribution is -0.154. The first kappa shape index (κ1) is 17.7. The molecule has 0 bridgehead atoms. The summed E-state index contributed by atoms with van der Waals surface area (Å²) in [5, 5.41) is 16.7. The molecule has 0 unspecified atom stereocenters. The van der Waals surface area contributed by atoms with Crippen LogP contribution in [0.25, 0.3) is 0 Å². The molecule has 1 N–H and O–H groups in total. The number of thioether (sulfide) groups is 1. The molecule has 0 saturated carbocycles. The third kappa shape index (κ3) is 3.94. The number of hydrazone groups is 1. The molecule has 0 spiro atoms. The van der Waals surface area contributed by atoms with Gasteiger partial charge in [0.2, 0.25) is 0 Å². The van der Waals surface area contributed by atoms with Crippen molar-refractivity contribution in [2.45, 2.75) is 31.7 Å². The van der Waals surface area contributed by atoms with Crippen LogP contribution in [0.3, 0.4) is 0 Å². The normalized spacial score (nSPS) is 19.8. The van der Waals surface area contributed by atoms with Crippen molar-refractivity contribution < 1.29 is 9.90 Å². The van der Waals surface area contributed by atoms with E-state index in [9.17, 15) is 9.90 Å². The van der Waals surface area contributed by atoms with E-state index in [0.717, 1.165) is 17.0 Å². The molecule has 25 heavy (non-hydrogen) atoms. The number of benzene rings is 2. The Hall–Kier alpha value is -2.11. The number of rotatable bonds is 5. The van der Waals surface area contributed by atoms with Crippen molar-refractivity contribution in [1.82, 2.24) is 5.01 Å². The number of aliphatic hydroxyl groups is 1. The van der Waals surface area contributed by atoms with Gasteiger partial charge in [-0.15, -0.1) is 11.8 Å². The van der Waals surface area contributed by atoms with E-state index in [1.54, 1.807) is 0 Å². The SMILES string of the molecule is CC1=NN(C(=O)CSCc2ccccc2)[C@](O)(c2ccc(C)cc2)C1. The molecule has 1 aliphatic rings. The minimum absolute atomic E-state index is 0.180. The number of nitrogens with zero attached hydrogens (tertiary/aromatic N) is 2. The summed E-state index contributed by atoms with van der Waals surface area (Å²) in [6.45, 7) is 3.83. The zero-order valence-corrected chi connectivity index (χ0v) is 15.3. The van der Waals surface area contributed by atoms with E-state index in [-0.39, 0.29) is 11.7 Å². The quantitative estimate of drug-likeness (QED) is 0.891. The fourth-order valence-corrected chi connectivity index (χ4v) is 3.75. The molecule has 130 valence electrons. The number of hydrogen-bond donors (Lipinski definition) is 1. The number of aryl methyl sites for hydroxylation is 1. The average Bonchev–Trinajstić information content (AvgIpc) is 2.92. The summed E-state index contributed by atoms with van der Waals surface area (Å²) in [5.74, 6) is 0.854. The zero-order chi connectivity index (χ0) is 17.9.